The van der Waals surface area contributed by atoms with Crippen molar-refractivity contribution in [3.05, 3.63) is 23.8 Å². The number of urea groups is 1. The summed E-state index contributed by atoms with van der Waals surface area (Å²) in [4.78, 5) is 11.9. The molecule has 0 radical (unpaired) electrons. The number of hydrogen-bond acceptors (Lipinski definition) is 3. The van der Waals surface area contributed by atoms with Crippen molar-refractivity contribution in [1.29, 1.82) is 0 Å². The topological polar surface area (TPSA) is 59.6 Å². The molecule has 5 nitrogen and oxygen atoms in total. The van der Waals surface area contributed by atoms with Crippen molar-refractivity contribution in [2.45, 2.75) is 32.8 Å². The average molecular weight is 278 g/mol. The van der Waals surface area contributed by atoms with Gasteiger partial charge in [-0.15, -0.1) is 0 Å². The lowest BCUT2D eigenvalue weighted by molar-refractivity contribution is 0.112. The molecule has 1 aliphatic heterocycles. The summed E-state index contributed by atoms with van der Waals surface area (Å²) in [5, 5.41) is 5.64. The van der Waals surface area contributed by atoms with E-state index in [1.807, 2.05) is 32.0 Å². The first-order chi connectivity index (χ1) is 9.69. The third-order valence-corrected chi connectivity index (χ3v) is 3.20. The first-order valence-corrected chi connectivity index (χ1v) is 7.09. The van der Waals surface area contributed by atoms with E-state index in [1.54, 1.807) is 0 Å². The Balaban J connectivity index is 1.89. The van der Waals surface area contributed by atoms with Crippen molar-refractivity contribution in [2.75, 3.05) is 25.1 Å². The van der Waals surface area contributed by atoms with E-state index in [2.05, 4.69) is 10.6 Å². The van der Waals surface area contributed by atoms with Gasteiger partial charge in [0, 0.05) is 13.2 Å². The number of nitrogens with one attached hydrogen (secondary N) is 2. The minimum atomic E-state index is -0.231. The van der Waals surface area contributed by atoms with Crippen LogP contribution in [-0.4, -0.2) is 31.9 Å². The van der Waals surface area contributed by atoms with Gasteiger partial charge in [0.15, 0.2) is 0 Å². The van der Waals surface area contributed by atoms with Gasteiger partial charge in [-0.2, -0.15) is 0 Å². The molecule has 0 bridgehead atoms. The SMILES string of the molecule is CCOc1cc(C)ccc1NC(=O)NC[C@H]1CCCO1. The zero-order chi connectivity index (χ0) is 14.4. The van der Waals surface area contributed by atoms with Crippen LogP contribution in [0, 0.1) is 6.92 Å². The lowest BCUT2D eigenvalue weighted by atomic mass is 10.2. The molecule has 0 spiro atoms. The van der Waals surface area contributed by atoms with Crippen LogP contribution in [0.4, 0.5) is 10.5 Å². The summed E-state index contributed by atoms with van der Waals surface area (Å²) >= 11 is 0. The number of amides is 2. The molecule has 0 unspecified atom stereocenters. The number of carbonyl (C=O) groups is 1. The van der Waals surface area contributed by atoms with Crippen molar-refractivity contribution in [2.24, 2.45) is 0 Å². The van der Waals surface area contributed by atoms with Gasteiger partial charge in [0.05, 0.1) is 18.4 Å². The Bertz CT molecular complexity index is 456. The molecule has 0 aromatic heterocycles. The van der Waals surface area contributed by atoms with E-state index in [1.165, 1.54) is 0 Å². The number of ether oxygens (including phenoxy) is 2. The van der Waals surface area contributed by atoms with Crippen molar-refractivity contribution in [3.8, 4) is 5.75 Å². The molecule has 2 rings (SSSR count). The highest BCUT2D eigenvalue weighted by molar-refractivity contribution is 5.91. The summed E-state index contributed by atoms with van der Waals surface area (Å²) in [6.45, 7) is 5.81. The molecule has 0 aliphatic carbocycles. The van der Waals surface area contributed by atoms with Crippen molar-refractivity contribution in [3.63, 3.8) is 0 Å². The fourth-order valence-corrected chi connectivity index (χ4v) is 2.19. The maximum absolute atomic E-state index is 11.9. The predicted molar refractivity (Wildman–Crippen MR) is 78.3 cm³/mol. The van der Waals surface area contributed by atoms with Crippen LogP contribution in [0.2, 0.25) is 0 Å². The Morgan fingerprint density at radius 2 is 2.35 bits per heavy atom. The monoisotopic (exact) mass is 278 g/mol. The van der Waals surface area contributed by atoms with Gasteiger partial charge in [-0.3, -0.25) is 0 Å². The summed E-state index contributed by atoms with van der Waals surface area (Å²) < 4.78 is 11.0. The van der Waals surface area contributed by atoms with Crippen LogP contribution in [0.25, 0.3) is 0 Å². The molecule has 1 aromatic rings. The summed E-state index contributed by atoms with van der Waals surface area (Å²) in [5.41, 5.74) is 1.78. The highest BCUT2D eigenvalue weighted by Gasteiger charge is 2.16. The number of rotatable bonds is 5. The maximum atomic E-state index is 11.9. The van der Waals surface area contributed by atoms with Gasteiger partial charge in [0.2, 0.25) is 0 Å². The highest BCUT2D eigenvalue weighted by atomic mass is 16.5. The smallest absolute Gasteiger partial charge is 0.319 e. The van der Waals surface area contributed by atoms with E-state index >= 15 is 0 Å². The fraction of sp³-hybridized carbons (Fsp3) is 0.533. The average Bonchev–Trinajstić information content (AvgIpc) is 2.93. The molecule has 110 valence electrons. The van der Waals surface area contributed by atoms with Gasteiger partial charge in [-0.05, 0) is 44.4 Å². The van der Waals surface area contributed by atoms with Crippen molar-refractivity contribution < 1.29 is 14.3 Å². The van der Waals surface area contributed by atoms with Crippen LogP contribution < -0.4 is 15.4 Å². The first-order valence-electron chi connectivity index (χ1n) is 7.09. The minimum Gasteiger partial charge on any atom is -0.492 e. The summed E-state index contributed by atoms with van der Waals surface area (Å²) in [6.07, 6.45) is 2.22. The molecule has 1 atom stereocenters. The largest absolute Gasteiger partial charge is 0.492 e. The molecule has 0 saturated carbocycles. The van der Waals surface area contributed by atoms with Gasteiger partial charge in [0.25, 0.3) is 0 Å². The number of aryl methyl sites for hydroxylation is 1. The molecule has 1 heterocycles. The van der Waals surface area contributed by atoms with Gasteiger partial charge in [-0.25, -0.2) is 4.79 Å². The molecule has 1 fully saturated rings. The molecule has 1 aromatic carbocycles. The third-order valence-electron chi connectivity index (χ3n) is 3.20. The first kappa shape index (κ1) is 14.7. The molecule has 2 amide bonds. The summed E-state index contributed by atoms with van der Waals surface area (Å²) in [6, 6.07) is 5.48. The highest BCUT2D eigenvalue weighted by Crippen LogP contribution is 2.25. The number of carbonyl (C=O) groups excluding carboxylic acids is 1. The van der Waals surface area contributed by atoms with Gasteiger partial charge in [-0.1, -0.05) is 6.07 Å². The van der Waals surface area contributed by atoms with E-state index in [0.29, 0.717) is 24.6 Å². The normalized spacial score (nSPS) is 17.8. The zero-order valence-electron chi connectivity index (χ0n) is 12.1. The third kappa shape index (κ3) is 4.13. The molecule has 2 N–H and O–H groups in total. The van der Waals surface area contributed by atoms with E-state index < -0.39 is 0 Å². The van der Waals surface area contributed by atoms with Crippen LogP contribution in [0.1, 0.15) is 25.3 Å². The fourth-order valence-electron chi connectivity index (χ4n) is 2.19. The Morgan fingerprint density at radius 3 is 3.05 bits per heavy atom. The van der Waals surface area contributed by atoms with Crippen LogP contribution in [0.5, 0.6) is 5.75 Å². The number of hydrogen-bond donors (Lipinski definition) is 2. The Hall–Kier alpha value is -1.75. The quantitative estimate of drug-likeness (QED) is 0.870. The maximum Gasteiger partial charge on any atom is 0.319 e. The zero-order valence-corrected chi connectivity index (χ0v) is 12.1. The van der Waals surface area contributed by atoms with Crippen LogP contribution in [-0.2, 0) is 4.74 Å². The van der Waals surface area contributed by atoms with Crippen molar-refractivity contribution >= 4 is 11.7 Å². The van der Waals surface area contributed by atoms with Gasteiger partial charge in [0.1, 0.15) is 5.75 Å². The molecular weight excluding hydrogens is 256 g/mol. The second-order valence-electron chi connectivity index (χ2n) is 4.90. The van der Waals surface area contributed by atoms with Crippen LogP contribution in [0.15, 0.2) is 18.2 Å². The standard InChI is InChI=1S/C15H22N2O3/c1-3-19-14-9-11(2)6-7-13(14)17-15(18)16-10-12-5-4-8-20-12/h6-7,9,12H,3-5,8,10H2,1-2H3,(H2,16,17,18)/t12-/m1/s1. The minimum absolute atomic E-state index is 0.144. The molecule has 20 heavy (non-hydrogen) atoms. The number of anilines is 1. The Kier molecular flexibility index (Phi) is 5.24. The van der Waals surface area contributed by atoms with E-state index in [0.717, 1.165) is 25.0 Å². The summed E-state index contributed by atoms with van der Waals surface area (Å²) in [7, 11) is 0. The van der Waals surface area contributed by atoms with Crippen molar-refractivity contribution in [1.82, 2.24) is 5.32 Å². The van der Waals surface area contributed by atoms with E-state index in [4.69, 9.17) is 9.47 Å². The lowest BCUT2D eigenvalue weighted by Gasteiger charge is -2.14. The van der Waals surface area contributed by atoms with E-state index in [9.17, 15) is 4.79 Å². The Labute approximate surface area is 119 Å². The lowest BCUT2D eigenvalue weighted by Crippen LogP contribution is -2.35. The van der Waals surface area contributed by atoms with Gasteiger partial charge >= 0.3 is 6.03 Å². The molecule has 1 saturated heterocycles. The molecule has 1 aliphatic rings. The summed E-state index contributed by atoms with van der Waals surface area (Å²) in [5.74, 6) is 0.694. The van der Waals surface area contributed by atoms with E-state index in [-0.39, 0.29) is 12.1 Å². The predicted octanol–water partition coefficient (Wildman–Crippen LogP) is 2.69. The van der Waals surface area contributed by atoms with Crippen LogP contribution in [0.3, 0.4) is 0 Å². The molecule has 5 heteroatoms. The molecular formula is C15H22N2O3. The second-order valence-corrected chi connectivity index (χ2v) is 4.90. The number of benzene rings is 1. The second kappa shape index (κ2) is 7.14. The van der Waals surface area contributed by atoms with Gasteiger partial charge < -0.3 is 20.1 Å². The Morgan fingerprint density at radius 1 is 1.50 bits per heavy atom. The van der Waals surface area contributed by atoms with Crippen LogP contribution >= 0.6 is 0 Å².